The Morgan fingerprint density at radius 1 is 1.17 bits per heavy atom. The van der Waals surface area contributed by atoms with Gasteiger partial charge in [0.15, 0.2) is 0 Å². The van der Waals surface area contributed by atoms with Gasteiger partial charge in [0.05, 0.1) is 28.9 Å². The van der Waals surface area contributed by atoms with E-state index < -0.39 is 28.9 Å². The van der Waals surface area contributed by atoms with E-state index >= 15 is 0 Å². The van der Waals surface area contributed by atoms with Crippen LogP contribution in [0.2, 0.25) is 0 Å². The molecule has 4 rings (SSSR count). The fraction of sp³-hybridized carbons (Fsp3) is 0.250. The Hall–Kier alpha value is -3.82. The number of carbonyl (C=O) groups excluding carboxylic acids is 2. The van der Waals surface area contributed by atoms with Crippen molar-refractivity contribution in [2.24, 2.45) is 20.0 Å². The van der Waals surface area contributed by atoms with Gasteiger partial charge in [-0.3, -0.25) is 23.5 Å². The van der Waals surface area contributed by atoms with Crippen LogP contribution in [0.15, 0.2) is 46.1 Å². The molecule has 1 saturated heterocycles. The molecule has 0 saturated carbocycles. The maximum Gasteiger partial charge on any atom is 0.332 e. The summed E-state index contributed by atoms with van der Waals surface area (Å²) in [5.41, 5.74) is -0.439. The summed E-state index contributed by atoms with van der Waals surface area (Å²) in [5, 5.41) is 2.83. The van der Waals surface area contributed by atoms with E-state index in [0.717, 1.165) is 4.57 Å². The maximum absolute atomic E-state index is 14.0. The van der Waals surface area contributed by atoms with E-state index in [1.807, 2.05) is 0 Å². The van der Waals surface area contributed by atoms with Crippen LogP contribution in [0, 0.1) is 11.7 Å². The summed E-state index contributed by atoms with van der Waals surface area (Å²) in [6.07, 6.45) is 1.28. The minimum Gasteiger partial charge on any atom is -0.324 e. The summed E-state index contributed by atoms with van der Waals surface area (Å²) in [6.45, 7) is 0.0445. The summed E-state index contributed by atoms with van der Waals surface area (Å²) in [5.74, 6) is -2.01. The van der Waals surface area contributed by atoms with Crippen LogP contribution in [0.4, 0.5) is 15.8 Å². The third-order valence-corrected chi connectivity index (χ3v) is 5.20. The normalized spacial score (nSPS) is 16.3. The summed E-state index contributed by atoms with van der Waals surface area (Å²) in [4.78, 5) is 54.7. The minimum absolute atomic E-state index is 0.0445. The lowest BCUT2D eigenvalue weighted by atomic mass is 10.1. The first-order valence-electron chi connectivity index (χ1n) is 9.19. The Bertz CT molecular complexity index is 1310. The van der Waals surface area contributed by atoms with Gasteiger partial charge < -0.3 is 10.2 Å². The van der Waals surface area contributed by atoms with Gasteiger partial charge in [-0.1, -0.05) is 12.1 Å². The molecule has 10 heteroatoms. The number of anilines is 2. The van der Waals surface area contributed by atoms with Crippen LogP contribution >= 0.6 is 0 Å². The van der Waals surface area contributed by atoms with Gasteiger partial charge in [0.25, 0.3) is 5.56 Å². The zero-order valence-corrected chi connectivity index (χ0v) is 16.3. The van der Waals surface area contributed by atoms with E-state index in [9.17, 15) is 23.6 Å². The average Bonchev–Trinajstić information content (AvgIpc) is 3.12. The van der Waals surface area contributed by atoms with Crippen LogP contribution in [-0.4, -0.2) is 32.5 Å². The van der Waals surface area contributed by atoms with Crippen molar-refractivity contribution in [1.29, 1.82) is 0 Å². The predicted octanol–water partition coefficient (Wildman–Crippen LogP) is 0.763. The second-order valence-corrected chi connectivity index (χ2v) is 7.15. The van der Waals surface area contributed by atoms with Crippen LogP contribution in [0.5, 0.6) is 0 Å². The van der Waals surface area contributed by atoms with E-state index in [-0.39, 0.29) is 41.3 Å². The van der Waals surface area contributed by atoms with Gasteiger partial charge in [-0.25, -0.2) is 14.2 Å². The van der Waals surface area contributed by atoms with Crippen molar-refractivity contribution in [2.75, 3.05) is 16.8 Å². The third-order valence-electron chi connectivity index (χ3n) is 5.20. The number of fused-ring (bicyclic) bond motifs is 1. The fourth-order valence-electron chi connectivity index (χ4n) is 3.56. The number of rotatable bonds is 3. The lowest BCUT2D eigenvalue weighted by molar-refractivity contribution is -0.122. The quantitative estimate of drug-likeness (QED) is 0.685. The molecule has 3 aromatic rings. The molecule has 154 valence electrons. The Balaban J connectivity index is 1.58. The van der Waals surface area contributed by atoms with Crippen molar-refractivity contribution in [1.82, 2.24) is 14.1 Å². The Morgan fingerprint density at radius 3 is 2.63 bits per heavy atom. The molecule has 2 aromatic heterocycles. The van der Waals surface area contributed by atoms with Crippen molar-refractivity contribution < 1.29 is 14.0 Å². The maximum atomic E-state index is 14.0. The summed E-state index contributed by atoms with van der Waals surface area (Å²) < 4.78 is 16.2. The first kappa shape index (κ1) is 19.5. The monoisotopic (exact) mass is 411 g/mol. The van der Waals surface area contributed by atoms with Crippen LogP contribution in [0.25, 0.3) is 11.0 Å². The molecule has 1 N–H and O–H groups in total. The third kappa shape index (κ3) is 3.15. The number of hydrogen-bond donors (Lipinski definition) is 1. The number of nitrogens with one attached hydrogen (secondary N) is 1. The number of pyridine rings is 1. The number of aryl methyl sites for hydroxylation is 1. The molecule has 9 nitrogen and oxygen atoms in total. The highest BCUT2D eigenvalue weighted by Gasteiger charge is 2.36. The van der Waals surface area contributed by atoms with Crippen LogP contribution in [-0.2, 0) is 23.7 Å². The number of nitrogens with zero attached hydrogens (tertiary/aromatic N) is 4. The summed E-state index contributed by atoms with van der Waals surface area (Å²) >= 11 is 0. The zero-order chi connectivity index (χ0) is 21.6. The van der Waals surface area contributed by atoms with Crippen molar-refractivity contribution >= 4 is 34.2 Å². The van der Waals surface area contributed by atoms with Gasteiger partial charge in [-0.05, 0) is 18.2 Å². The molecule has 1 fully saturated rings. The highest BCUT2D eigenvalue weighted by molar-refractivity contribution is 6.03. The van der Waals surface area contributed by atoms with Gasteiger partial charge in [0.1, 0.15) is 11.5 Å². The largest absolute Gasteiger partial charge is 0.332 e. The topological polar surface area (TPSA) is 106 Å². The molecule has 3 heterocycles. The molecule has 1 aliphatic rings. The second kappa shape index (κ2) is 7.21. The Morgan fingerprint density at radius 2 is 1.90 bits per heavy atom. The molecular weight excluding hydrogens is 393 g/mol. The van der Waals surface area contributed by atoms with Crippen LogP contribution < -0.4 is 21.5 Å². The van der Waals surface area contributed by atoms with Gasteiger partial charge in [0.2, 0.25) is 11.8 Å². The zero-order valence-electron chi connectivity index (χ0n) is 16.3. The van der Waals surface area contributed by atoms with Crippen molar-refractivity contribution in [2.45, 2.75) is 6.42 Å². The first-order chi connectivity index (χ1) is 14.3. The number of benzene rings is 1. The SMILES string of the molecule is Cn1c(=O)c2cc(NC(=O)C3CC(=O)N(c4ccccc4F)C3)cnc2n(C)c1=O. The highest BCUT2D eigenvalue weighted by atomic mass is 19.1. The molecule has 0 spiro atoms. The van der Waals surface area contributed by atoms with Crippen molar-refractivity contribution in [3.63, 3.8) is 0 Å². The number of halogens is 1. The lowest BCUT2D eigenvalue weighted by Gasteiger charge is -2.17. The standard InChI is InChI=1S/C20H18FN5O4/c1-24-17-13(19(29)25(2)20(24)30)8-12(9-22-17)23-18(28)11-7-16(27)26(10-11)15-6-4-3-5-14(15)21/h3-6,8-9,11H,7,10H2,1-2H3,(H,23,28). The molecular formula is C20H18FN5O4. The molecule has 2 amide bonds. The van der Waals surface area contributed by atoms with E-state index in [2.05, 4.69) is 10.3 Å². The van der Waals surface area contributed by atoms with E-state index in [0.29, 0.717) is 0 Å². The smallest absolute Gasteiger partial charge is 0.324 e. The highest BCUT2D eigenvalue weighted by Crippen LogP contribution is 2.28. The Kier molecular flexibility index (Phi) is 4.69. The molecule has 1 atom stereocenters. The second-order valence-electron chi connectivity index (χ2n) is 7.15. The van der Waals surface area contributed by atoms with Gasteiger partial charge in [-0.2, -0.15) is 0 Å². The lowest BCUT2D eigenvalue weighted by Crippen LogP contribution is -2.37. The van der Waals surface area contributed by atoms with Gasteiger partial charge in [0, 0.05) is 27.1 Å². The minimum atomic E-state index is -0.684. The van der Waals surface area contributed by atoms with Gasteiger partial charge in [-0.15, -0.1) is 0 Å². The van der Waals surface area contributed by atoms with E-state index in [1.165, 1.54) is 54.0 Å². The van der Waals surface area contributed by atoms with Crippen LogP contribution in [0.3, 0.4) is 0 Å². The molecule has 1 aromatic carbocycles. The molecule has 1 unspecified atom stereocenters. The van der Waals surface area contributed by atoms with Crippen molar-refractivity contribution in [3.8, 4) is 0 Å². The molecule has 1 aliphatic heterocycles. The molecule has 0 aliphatic carbocycles. The average molecular weight is 411 g/mol. The first-order valence-corrected chi connectivity index (χ1v) is 9.19. The van der Waals surface area contributed by atoms with E-state index in [4.69, 9.17) is 0 Å². The fourth-order valence-corrected chi connectivity index (χ4v) is 3.56. The number of para-hydroxylation sites is 1. The Labute approximate surface area is 169 Å². The summed E-state index contributed by atoms with van der Waals surface area (Å²) in [7, 11) is 2.85. The number of aromatic nitrogens is 3. The van der Waals surface area contributed by atoms with Crippen LogP contribution in [0.1, 0.15) is 6.42 Å². The van der Waals surface area contributed by atoms with Gasteiger partial charge >= 0.3 is 5.69 Å². The number of carbonyl (C=O) groups is 2. The van der Waals surface area contributed by atoms with Crippen molar-refractivity contribution in [3.05, 3.63) is 63.2 Å². The number of amides is 2. The summed E-state index contributed by atoms with van der Waals surface area (Å²) in [6, 6.07) is 7.32. The van der Waals surface area contributed by atoms with E-state index in [1.54, 1.807) is 6.07 Å². The predicted molar refractivity (Wildman–Crippen MR) is 108 cm³/mol. The number of hydrogen-bond acceptors (Lipinski definition) is 5. The molecule has 30 heavy (non-hydrogen) atoms. The molecule has 0 radical (unpaired) electrons. The molecule has 0 bridgehead atoms.